The van der Waals surface area contributed by atoms with Crippen LogP contribution in [0.5, 0.6) is 0 Å². The van der Waals surface area contributed by atoms with Gasteiger partial charge in [0.2, 0.25) is 0 Å². The second kappa shape index (κ2) is 6.89. The molecule has 0 aliphatic heterocycles. The SMILES string of the molecule is CC(C)NCc1cccc(Cl)c1Sc1cnccn1. The summed E-state index contributed by atoms with van der Waals surface area (Å²) in [5.41, 5.74) is 1.18. The third-order valence-corrected chi connectivity index (χ3v) is 4.03. The Balaban J connectivity index is 2.22. The number of halogens is 1. The molecule has 0 saturated heterocycles. The molecular formula is C14H16ClN3S. The smallest absolute Gasteiger partial charge is 0.119 e. The van der Waals surface area contributed by atoms with E-state index >= 15 is 0 Å². The zero-order valence-corrected chi connectivity index (χ0v) is 12.5. The van der Waals surface area contributed by atoms with E-state index in [1.807, 2.05) is 12.1 Å². The monoisotopic (exact) mass is 293 g/mol. The Morgan fingerprint density at radius 2 is 2.16 bits per heavy atom. The van der Waals surface area contributed by atoms with E-state index in [9.17, 15) is 0 Å². The largest absolute Gasteiger partial charge is 0.310 e. The Kier molecular flexibility index (Phi) is 5.19. The van der Waals surface area contributed by atoms with Gasteiger partial charge in [-0.2, -0.15) is 0 Å². The highest BCUT2D eigenvalue weighted by atomic mass is 35.5. The van der Waals surface area contributed by atoms with Gasteiger partial charge in [0.15, 0.2) is 0 Å². The predicted molar refractivity (Wildman–Crippen MR) is 79.6 cm³/mol. The minimum Gasteiger partial charge on any atom is -0.310 e. The highest BCUT2D eigenvalue weighted by Crippen LogP contribution is 2.34. The van der Waals surface area contributed by atoms with Crippen LogP contribution in [0.3, 0.4) is 0 Å². The third-order valence-electron chi connectivity index (χ3n) is 2.50. The van der Waals surface area contributed by atoms with Gasteiger partial charge in [-0.05, 0) is 11.6 Å². The lowest BCUT2D eigenvalue weighted by Gasteiger charge is -2.13. The van der Waals surface area contributed by atoms with Crippen LogP contribution in [-0.2, 0) is 6.54 Å². The van der Waals surface area contributed by atoms with Crippen LogP contribution in [0.1, 0.15) is 19.4 Å². The number of nitrogens with zero attached hydrogens (tertiary/aromatic N) is 2. The van der Waals surface area contributed by atoms with Gasteiger partial charge in [-0.3, -0.25) is 4.98 Å². The molecule has 0 bridgehead atoms. The molecule has 5 heteroatoms. The Hall–Kier alpha value is -1.10. The minimum atomic E-state index is 0.438. The molecule has 0 unspecified atom stereocenters. The van der Waals surface area contributed by atoms with Crippen molar-refractivity contribution in [2.75, 3.05) is 0 Å². The zero-order chi connectivity index (χ0) is 13.7. The summed E-state index contributed by atoms with van der Waals surface area (Å²) in [4.78, 5) is 9.38. The van der Waals surface area contributed by atoms with Gasteiger partial charge >= 0.3 is 0 Å². The van der Waals surface area contributed by atoms with Crippen molar-refractivity contribution in [2.24, 2.45) is 0 Å². The highest BCUT2D eigenvalue weighted by Gasteiger charge is 2.10. The lowest BCUT2D eigenvalue weighted by molar-refractivity contribution is 0.585. The number of nitrogens with one attached hydrogen (secondary N) is 1. The van der Waals surface area contributed by atoms with Crippen molar-refractivity contribution in [3.05, 3.63) is 47.4 Å². The summed E-state index contributed by atoms with van der Waals surface area (Å²) >= 11 is 7.84. The average Bonchev–Trinajstić information content (AvgIpc) is 2.40. The van der Waals surface area contributed by atoms with Gasteiger partial charge in [0.1, 0.15) is 5.03 Å². The molecule has 19 heavy (non-hydrogen) atoms. The molecule has 0 saturated carbocycles. The molecular weight excluding hydrogens is 278 g/mol. The predicted octanol–water partition coefficient (Wildman–Crippen LogP) is 3.78. The molecule has 0 atom stereocenters. The van der Waals surface area contributed by atoms with Crippen molar-refractivity contribution in [3.8, 4) is 0 Å². The van der Waals surface area contributed by atoms with Crippen molar-refractivity contribution >= 4 is 23.4 Å². The lowest BCUT2D eigenvalue weighted by atomic mass is 10.2. The summed E-state index contributed by atoms with van der Waals surface area (Å²) in [6, 6.07) is 6.40. The molecule has 0 fully saturated rings. The first-order chi connectivity index (χ1) is 9.16. The van der Waals surface area contributed by atoms with Gasteiger partial charge in [0, 0.05) is 29.9 Å². The van der Waals surface area contributed by atoms with Crippen LogP contribution >= 0.6 is 23.4 Å². The van der Waals surface area contributed by atoms with Crippen molar-refractivity contribution in [3.63, 3.8) is 0 Å². The van der Waals surface area contributed by atoms with Gasteiger partial charge in [-0.15, -0.1) is 0 Å². The second-order valence-corrected chi connectivity index (χ2v) is 5.85. The van der Waals surface area contributed by atoms with Crippen LogP contribution in [0, 0.1) is 0 Å². The van der Waals surface area contributed by atoms with Crippen LogP contribution in [-0.4, -0.2) is 16.0 Å². The first kappa shape index (κ1) is 14.3. The fourth-order valence-electron chi connectivity index (χ4n) is 1.56. The fraction of sp³-hybridized carbons (Fsp3) is 0.286. The van der Waals surface area contributed by atoms with Crippen LogP contribution in [0.4, 0.5) is 0 Å². The average molecular weight is 294 g/mol. The molecule has 3 nitrogen and oxygen atoms in total. The molecule has 0 spiro atoms. The summed E-state index contributed by atoms with van der Waals surface area (Å²) in [5, 5.41) is 5.00. The number of aromatic nitrogens is 2. The summed E-state index contributed by atoms with van der Waals surface area (Å²) < 4.78 is 0. The van der Waals surface area contributed by atoms with E-state index in [1.165, 1.54) is 5.56 Å². The number of benzene rings is 1. The maximum absolute atomic E-state index is 6.30. The van der Waals surface area contributed by atoms with E-state index in [0.29, 0.717) is 6.04 Å². The molecule has 2 aromatic rings. The first-order valence-electron chi connectivity index (χ1n) is 6.11. The Morgan fingerprint density at radius 3 is 2.84 bits per heavy atom. The molecule has 0 aliphatic rings. The van der Waals surface area contributed by atoms with Gasteiger partial charge in [0.05, 0.1) is 11.2 Å². The van der Waals surface area contributed by atoms with Crippen molar-refractivity contribution in [1.29, 1.82) is 0 Å². The van der Waals surface area contributed by atoms with Gasteiger partial charge < -0.3 is 5.32 Å². The molecule has 1 aromatic carbocycles. The maximum atomic E-state index is 6.30. The Bertz CT molecular complexity index is 531. The summed E-state index contributed by atoms with van der Waals surface area (Å²) in [6.45, 7) is 5.04. The normalized spacial score (nSPS) is 10.9. The lowest BCUT2D eigenvalue weighted by Crippen LogP contribution is -2.22. The van der Waals surface area contributed by atoms with Gasteiger partial charge in [0.25, 0.3) is 0 Å². The number of hydrogen-bond donors (Lipinski definition) is 1. The second-order valence-electron chi connectivity index (χ2n) is 4.41. The maximum Gasteiger partial charge on any atom is 0.119 e. The molecule has 100 valence electrons. The van der Waals surface area contributed by atoms with Gasteiger partial charge in [-0.1, -0.05) is 49.3 Å². The van der Waals surface area contributed by atoms with E-state index in [0.717, 1.165) is 21.5 Å². The summed E-state index contributed by atoms with van der Waals surface area (Å²) in [6.07, 6.45) is 5.09. The summed E-state index contributed by atoms with van der Waals surface area (Å²) in [5.74, 6) is 0. The van der Waals surface area contributed by atoms with Crippen molar-refractivity contribution in [2.45, 2.75) is 36.4 Å². The topological polar surface area (TPSA) is 37.8 Å². The van der Waals surface area contributed by atoms with E-state index in [-0.39, 0.29) is 0 Å². The van der Waals surface area contributed by atoms with E-state index in [1.54, 1.807) is 30.4 Å². The van der Waals surface area contributed by atoms with E-state index < -0.39 is 0 Å². The van der Waals surface area contributed by atoms with Crippen LogP contribution in [0.2, 0.25) is 5.02 Å². The van der Waals surface area contributed by atoms with Gasteiger partial charge in [-0.25, -0.2) is 4.98 Å². The number of hydrogen-bond acceptors (Lipinski definition) is 4. The van der Waals surface area contributed by atoms with Crippen molar-refractivity contribution in [1.82, 2.24) is 15.3 Å². The molecule has 1 aromatic heterocycles. The van der Waals surface area contributed by atoms with E-state index in [2.05, 4.69) is 35.2 Å². The van der Waals surface area contributed by atoms with Crippen LogP contribution < -0.4 is 5.32 Å². The van der Waals surface area contributed by atoms with Crippen LogP contribution in [0.15, 0.2) is 46.7 Å². The number of rotatable bonds is 5. The standard InChI is InChI=1S/C14H16ClN3S/c1-10(2)18-8-11-4-3-5-12(15)14(11)19-13-9-16-6-7-17-13/h3-7,9-10,18H,8H2,1-2H3. The molecule has 2 rings (SSSR count). The molecule has 1 N–H and O–H groups in total. The molecule has 0 aliphatic carbocycles. The van der Waals surface area contributed by atoms with Crippen molar-refractivity contribution < 1.29 is 0 Å². The molecule has 0 radical (unpaired) electrons. The minimum absolute atomic E-state index is 0.438. The quantitative estimate of drug-likeness (QED) is 0.910. The highest BCUT2D eigenvalue weighted by molar-refractivity contribution is 7.99. The third kappa shape index (κ3) is 4.20. The van der Waals surface area contributed by atoms with E-state index in [4.69, 9.17) is 11.6 Å². The Labute approximate surface area is 122 Å². The first-order valence-corrected chi connectivity index (χ1v) is 7.31. The molecule has 0 amide bonds. The van der Waals surface area contributed by atoms with Crippen LogP contribution in [0.25, 0.3) is 0 Å². The molecule has 1 heterocycles. The fourth-order valence-corrected chi connectivity index (χ4v) is 2.75. The zero-order valence-electron chi connectivity index (χ0n) is 10.9. The summed E-state index contributed by atoms with van der Waals surface area (Å²) in [7, 11) is 0. The Morgan fingerprint density at radius 1 is 1.32 bits per heavy atom.